The van der Waals surface area contributed by atoms with E-state index in [1.165, 1.54) is 25.7 Å². The van der Waals surface area contributed by atoms with Crippen LogP contribution >= 0.6 is 0 Å². The molecule has 6 heteroatoms. The van der Waals surface area contributed by atoms with Crippen molar-refractivity contribution < 1.29 is 47.3 Å². The van der Waals surface area contributed by atoms with Gasteiger partial charge in [0.05, 0.1) is 0 Å². The summed E-state index contributed by atoms with van der Waals surface area (Å²) in [6, 6.07) is 0. The standard InChI is InChI=1S/2C8H16O2.O.Zr/c2*1-2-3-4-5-6-7-8(9)10;;/h2*2-7H2,1H3,(H,9,10);;/q;;;+2/p-2. The summed E-state index contributed by atoms with van der Waals surface area (Å²) < 4.78 is 8.34. The Hall–Kier alpha value is -0.377. The Morgan fingerprint density at radius 1 is 0.636 bits per heavy atom. The Kier molecular flexibility index (Phi) is 30.8. The summed E-state index contributed by atoms with van der Waals surface area (Å²) in [5.74, 6) is -1.84. The predicted octanol–water partition coefficient (Wildman–Crippen LogP) is 2.07. The van der Waals surface area contributed by atoms with Crippen LogP contribution in [-0.4, -0.2) is 11.9 Å². The summed E-state index contributed by atoms with van der Waals surface area (Å²) in [4.78, 5) is 19.8. The van der Waals surface area contributed by atoms with Crippen LogP contribution in [0.5, 0.6) is 0 Å². The normalized spacial score (nSPS) is 9.09. The molecule has 0 aliphatic heterocycles. The Labute approximate surface area is 150 Å². The van der Waals surface area contributed by atoms with Crippen molar-refractivity contribution in [1.82, 2.24) is 0 Å². The molecule has 0 aromatic rings. The van der Waals surface area contributed by atoms with Gasteiger partial charge in [0, 0.05) is 11.9 Å². The first-order chi connectivity index (χ1) is 10.5. The van der Waals surface area contributed by atoms with Gasteiger partial charge in [-0.3, -0.25) is 0 Å². The van der Waals surface area contributed by atoms with Gasteiger partial charge in [-0.25, -0.2) is 0 Å². The molecule has 0 aliphatic carbocycles. The summed E-state index contributed by atoms with van der Waals surface area (Å²) in [5.41, 5.74) is 0. The number of carbonyl (C=O) groups excluding carboxylic acids is 2. The fraction of sp³-hybridized carbons (Fsp3) is 0.875. The summed E-state index contributed by atoms with van der Waals surface area (Å²) in [6.45, 7) is 4.28. The molecule has 0 aromatic heterocycles. The Bertz CT molecular complexity index is 223. The maximum atomic E-state index is 9.92. The molecule has 5 nitrogen and oxygen atoms in total. The van der Waals surface area contributed by atoms with E-state index in [2.05, 4.69) is 13.8 Å². The second-order valence-corrected chi connectivity index (χ2v) is 5.07. The zero-order chi connectivity index (χ0) is 17.6. The Balaban J connectivity index is -0.000000294. The van der Waals surface area contributed by atoms with Gasteiger partial charge in [-0.15, -0.1) is 0 Å². The van der Waals surface area contributed by atoms with Crippen molar-refractivity contribution in [1.29, 1.82) is 0 Å². The molecule has 0 aromatic carbocycles. The topological polar surface area (TPSA) is 97.3 Å². The molecule has 0 bridgehead atoms. The number of hydrogen-bond donors (Lipinski definition) is 0. The minimum atomic E-state index is -0.920. The average Bonchev–Trinajstić information content (AvgIpc) is 2.49. The SMILES string of the molecule is CCCCCCCC(=O)[O-].CCCCCCCC(=O)[O-].[O]=[Zr+2]. The molecule has 22 heavy (non-hydrogen) atoms. The van der Waals surface area contributed by atoms with Gasteiger partial charge in [-0.05, 0) is 25.7 Å². The molecule has 0 radical (unpaired) electrons. The van der Waals surface area contributed by atoms with Crippen molar-refractivity contribution in [2.24, 2.45) is 0 Å². The fourth-order valence-corrected chi connectivity index (χ4v) is 1.75. The number of unbranched alkanes of at least 4 members (excludes halogenated alkanes) is 8. The van der Waals surface area contributed by atoms with E-state index in [1.54, 1.807) is 0 Å². The average molecular weight is 394 g/mol. The van der Waals surface area contributed by atoms with E-state index < -0.39 is 11.9 Å². The van der Waals surface area contributed by atoms with Gasteiger partial charge in [-0.1, -0.05) is 65.2 Å². The van der Waals surface area contributed by atoms with E-state index in [9.17, 15) is 19.8 Å². The minimum absolute atomic E-state index is 0.226. The van der Waals surface area contributed by atoms with E-state index in [0.717, 1.165) is 38.5 Å². The number of carboxylic acid groups (broad SMARTS) is 2. The molecule has 0 saturated carbocycles. The first-order valence-electron chi connectivity index (χ1n) is 8.14. The zero-order valence-electron chi connectivity index (χ0n) is 14.0. The van der Waals surface area contributed by atoms with Gasteiger partial charge in [0.1, 0.15) is 0 Å². The number of carboxylic acids is 2. The number of aliphatic carboxylic acids is 2. The van der Waals surface area contributed by atoms with Crippen LogP contribution in [0.4, 0.5) is 0 Å². The second kappa shape index (κ2) is 25.6. The van der Waals surface area contributed by atoms with E-state index in [1.807, 2.05) is 0 Å². The van der Waals surface area contributed by atoms with Crippen LogP contribution in [0.1, 0.15) is 90.9 Å². The third kappa shape index (κ3) is 36.7. The van der Waals surface area contributed by atoms with Gasteiger partial charge < -0.3 is 19.8 Å². The van der Waals surface area contributed by atoms with Gasteiger partial charge in [-0.2, -0.15) is 0 Å². The second-order valence-electron chi connectivity index (χ2n) is 5.07. The molecule has 0 fully saturated rings. The first-order valence-corrected chi connectivity index (χ1v) is 9.15. The van der Waals surface area contributed by atoms with Crippen molar-refractivity contribution in [3.05, 3.63) is 0 Å². The molecule has 128 valence electrons. The molecule has 0 aliphatic rings. The van der Waals surface area contributed by atoms with Crippen molar-refractivity contribution in [3.8, 4) is 0 Å². The maximum absolute atomic E-state index is 9.92. The van der Waals surface area contributed by atoms with Crippen molar-refractivity contribution in [2.75, 3.05) is 0 Å². The van der Waals surface area contributed by atoms with E-state index in [-0.39, 0.29) is 12.8 Å². The Morgan fingerprint density at radius 2 is 0.909 bits per heavy atom. The van der Waals surface area contributed by atoms with Gasteiger partial charge in [0.25, 0.3) is 0 Å². The Morgan fingerprint density at radius 3 is 1.14 bits per heavy atom. The summed E-state index contributed by atoms with van der Waals surface area (Å²) in [5, 5.41) is 19.8. The van der Waals surface area contributed by atoms with Crippen LogP contribution < -0.4 is 10.2 Å². The summed E-state index contributed by atoms with van der Waals surface area (Å²) in [7, 11) is 0. The molecule has 0 atom stereocenters. The number of carbonyl (C=O) groups is 2. The third-order valence-corrected chi connectivity index (χ3v) is 2.97. The van der Waals surface area contributed by atoms with E-state index in [4.69, 9.17) is 2.81 Å². The molecule has 0 N–H and O–H groups in total. The van der Waals surface area contributed by atoms with Crippen LogP contribution in [0, 0.1) is 0 Å². The van der Waals surface area contributed by atoms with Gasteiger partial charge in [0.2, 0.25) is 0 Å². The first kappa shape index (κ1) is 26.5. The molecule has 0 spiro atoms. The predicted molar refractivity (Wildman–Crippen MR) is 77.5 cm³/mol. The fourth-order valence-electron chi connectivity index (χ4n) is 1.75. The monoisotopic (exact) mass is 392 g/mol. The van der Waals surface area contributed by atoms with Gasteiger partial charge >= 0.3 is 27.5 Å². The molecule has 0 saturated heterocycles. The molecular weight excluding hydrogens is 363 g/mol. The van der Waals surface area contributed by atoms with Crippen LogP contribution in [0.3, 0.4) is 0 Å². The molecule has 0 heterocycles. The molecule has 0 rings (SSSR count). The number of rotatable bonds is 12. The summed E-state index contributed by atoms with van der Waals surface area (Å²) >= 11 is 0.300. The van der Waals surface area contributed by atoms with Crippen molar-refractivity contribution >= 4 is 11.9 Å². The molecule has 0 unspecified atom stereocenters. The van der Waals surface area contributed by atoms with E-state index in [0.29, 0.717) is 24.7 Å². The van der Waals surface area contributed by atoms with Crippen LogP contribution in [0.25, 0.3) is 0 Å². The van der Waals surface area contributed by atoms with Crippen LogP contribution in [-0.2, 0) is 37.1 Å². The molecular formula is C16H30O5Zr. The summed E-state index contributed by atoms with van der Waals surface area (Å²) in [6.07, 6.45) is 11.2. The number of hydrogen-bond acceptors (Lipinski definition) is 5. The van der Waals surface area contributed by atoms with Crippen LogP contribution in [0.2, 0.25) is 0 Å². The third-order valence-electron chi connectivity index (χ3n) is 2.97. The van der Waals surface area contributed by atoms with Crippen LogP contribution in [0.15, 0.2) is 0 Å². The van der Waals surface area contributed by atoms with Crippen molar-refractivity contribution in [2.45, 2.75) is 90.9 Å². The quantitative estimate of drug-likeness (QED) is 0.473. The zero-order valence-corrected chi connectivity index (χ0v) is 16.5. The molecule has 0 amide bonds. The van der Waals surface area contributed by atoms with Gasteiger partial charge in [0.15, 0.2) is 0 Å². The van der Waals surface area contributed by atoms with E-state index >= 15 is 0 Å². The van der Waals surface area contributed by atoms with Crippen molar-refractivity contribution in [3.63, 3.8) is 0 Å².